The van der Waals surface area contributed by atoms with Crippen molar-refractivity contribution in [3.05, 3.63) is 0 Å². The molecule has 0 aromatic heterocycles. The van der Waals surface area contributed by atoms with Crippen LogP contribution in [-0.2, 0) is 0 Å². The van der Waals surface area contributed by atoms with Crippen LogP contribution in [0.25, 0.3) is 0 Å². The molecule has 1 atom stereocenters. The number of hydrogen-bond acceptors (Lipinski definition) is 3. The van der Waals surface area contributed by atoms with Crippen LogP contribution in [0.15, 0.2) is 0 Å². The molecule has 0 aromatic rings. The zero-order valence-electron chi connectivity index (χ0n) is 7.48. The fraction of sp³-hybridized carbons (Fsp3) is 0.875. The summed E-state index contributed by atoms with van der Waals surface area (Å²) in [4.78, 5) is 0. The van der Waals surface area contributed by atoms with E-state index in [0.29, 0.717) is 0 Å². The Morgan fingerprint density at radius 1 is 1.64 bits per heavy atom. The highest BCUT2D eigenvalue weighted by Crippen LogP contribution is 2.09. The number of rotatable bonds is 5. The van der Waals surface area contributed by atoms with Crippen LogP contribution in [0, 0.1) is 11.3 Å². The smallest absolute Gasteiger partial charge is 0.113 e. The maximum absolute atomic E-state index is 8.82. The lowest BCUT2D eigenvalue weighted by molar-refractivity contribution is 0.494. The molecule has 0 aliphatic heterocycles. The molecule has 64 valence electrons. The minimum absolute atomic E-state index is 0.338. The monoisotopic (exact) mass is 172 g/mol. The first kappa shape index (κ1) is 10.8. The Morgan fingerprint density at radius 3 is 2.64 bits per heavy atom. The van der Waals surface area contributed by atoms with Crippen molar-refractivity contribution < 1.29 is 0 Å². The van der Waals surface area contributed by atoms with Crippen LogP contribution in [-0.4, -0.2) is 24.1 Å². The average molecular weight is 172 g/mol. The zero-order valence-corrected chi connectivity index (χ0v) is 8.29. The molecule has 0 saturated carbocycles. The first-order valence-electron chi connectivity index (χ1n) is 3.83. The quantitative estimate of drug-likeness (QED) is 0.684. The third kappa shape index (κ3) is 4.28. The Morgan fingerprint density at radius 2 is 2.27 bits per heavy atom. The van der Waals surface area contributed by atoms with Gasteiger partial charge in [0.2, 0.25) is 0 Å². The summed E-state index contributed by atoms with van der Waals surface area (Å²) in [5, 5.41) is 12.0. The van der Waals surface area contributed by atoms with Gasteiger partial charge in [-0.25, -0.2) is 0 Å². The van der Waals surface area contributed by atoms with Crippen LogP contribution in [0.4, 0.5) is 0 Å². The van der Waals surface area contributed by atoms with Crippen LogP contribution < -0.4 is 5.32 Å². The molecule has 11 heavy (non-hydrogen) atoms. The van der Waals surface area contributed by atoms with Gasteiger partial charge < -0.3 is 0 Å². The Bertz CT molecular complexity index is 142. The van der Waals surface area contributed by atoms with E-state index in [1.807, 2.05) is 13.2 Å². The van der Waals surface area contributed by atoms with Gasteiger partial charge in [-0.15, -0.1) is 0 Å². The van der Waals surface area contributed by atoms with E-state index in [9.17, 15) is 0 Å². The van der Waals surface area contributed by atoms with Crippen molar-refractivity contribution in [1.29, 1.82) is 5.26 Å². The second kappa shape index (κ2) is 5.45. The normalized spacial score (nSPS) is 15.5. The van der Waals surface area contributed by atoms with Gasteiger partial charge in [-0.3, -0.25) is 5.32 Å². The van der Waals surface area contributed by atoms with Gasteiger partial charge in [0.1, 0.15) is 5.54 Å². The van der Waals surface area contributed by atoms with Crippen LogP contribution in [0.3, 0.4) is 0 Å². The van der Waals surface area contributed by atoms with Crippen molar-refractivity contribution in [1.82, 2.24) is 5.32 Å². The number of nitriles is 1. The zero-order chi connectivity index (χ0) is 8.74. The van der Waals surface area contributed by atoms with Gasteiger partial charge in [0.15, 0.2) is 0 Å². The molecule has 0 saturated heterocycles. The average Bonchev–Trinajstić information content (AvgIpc) is 2.02. The third-order valence-corrected chi connectivity index (χ3v) is 2.31. The van der Waals surface area contributed by atoms with E-state index < -0.39 is 0 Å². The Hall–Kier alpha value is -0.200. The molecule has 0 bridgehead atoms. The summed E-state index contributed by atoms with van der Waals surface area (Å²) >= 11 is 1.70. The van der Waals surface area contributed by atoms with Crippen molar-refractivity contribution in [3.63, 3.8) is 0 Å². The van der Waals surface area contributed by atoms with Gasteiger partial charge in [0.05, 0.1) is 6.07 Å². The molecule has 0 fully saturated rings. The highest BCUT2D eigenvalue weighted by atomic mass is 32.2. The first-order chi connectivity index (χ1) is 5.18. The van der Waals surface area contributed by atoms with Gasteiger partial charge in [-0.2, -0.15) is 17.0 Å². The number of nitrogens with one attached hydrogen (secondary N) is 1. The van der Waals surface area contributed by atoms with Crippen LogP contribution in [0.2, 0.25) is 0 Å². The molecule has 0 aliphatic rings. The predicted molar refractivity (Wildman–Crippen MR) is 50.7 cm³/mol. The molecular formula is C8H16N2S. The molecule has 1 unspecified atom stereocenters. The Labute approximate surface area is 73.4 Å². The van der Waals surface area contributed by atoms with Gasteiger partial charge in [-0.05, 0) is 26.1 Å². The summed E-state index contributed by atoms with van der Waals surface area (Å²) in [6.45, 7) is 4.97. The largest absolute Gasteiger partial charge is 0.299 e. The lowest BCUT2D eigenvalue weighted by Gasteiger charge is -2.21. The van der Waals surface area contributed by atoms with Crippen molar-refractivity contribution in [2.75, 3.05) is 18.6 Å². The number of thioether (sulfide) groups is 1. The fourth-order valence-electron chi connectivity index (χ4n) is 0.812. The van der Waals surface area contributed by atoms with Crippen LogP contribution in [0.1, 0.15) is 20.3 Å². The van der Waals surface area contributed by atoms with Crippen molar-refractivity contribution >= 4 is 11.8 Å². The molecule has 0 spiro atoms. The standard InChI is InChI=1S/C8H16N2S/c1-4-5-10-8(2,6-9)7-11-3/h10H,4-5,7H2,1-3H3. The van der Waals surface area contributed by atoms with Crippen molar-refractivity contribution in [2.45, 2.75) is 25.8 Å². The van der Waals surface area contributed by atoms with Crippen LogP contribution >= 0.6 is 11.8 Å². The Balaban J connectivity index is 3.81. The summed E-state index contributed by atoms with van der Waals surface area (Å²) in [6.07, 6.45) is 3.09. The van der Waals surface area contributed by atoms with Crippen molar-refractivity contribution in [2.24, 2.45) is 0 Å². The summed E-state index contributed by atoms with van der Waals surface area (Å²) in [6, 6.07) is 2.28. The first-order valence-corrected chi connectivity index (χ1v) is 5.23. The van der Waals surface area contributed by atoms with Gasteiger partial charge >= 0.3 is 0 Å². The lowest BCUT2D eigenvalue weighted by atomic mass is 10.1. The molecule has 0 aromatic carbocycles. The van der Waals surface area contributed by atoms with Gasteiger partial charge in [0.25, 0.3) is 0 Å². The second-order valence-corrected chi connectivity index (χ2v) is 3.67. The molecule has 3 heteroatoms. The molecule has 0 amide bonds. The molecule has 0 heterocycles. The summed E-state index contributed by atoms with van der Waals surface area (Å²) in [5.74, 6) is 0.851. The van der Waals surface area contributed by atoms with E-state index in [1.54, 1.807) is 11.8 Å². The molecule has 0 rings (SSSR count). The van der Waals surface area contributed by atoms with Gasteiger partial charge in [0, 0.05) is 5.75 Å². The molecule has 0 radical (unpaired) electrons. The van der Waals surface area contributed by atoms with Gasteiger partial charge in [-0.1, -0.05) is 6.92 Å². The Kier molecular flexibility index (Phi) is 5.35. The molecule has 1 N–H and O–H groups in total. The molecule has 2 nitrogen and oxygen atoms in total. The number of nitrogens with zero attached hydrogens (tertiary/aromatic N) is 1. The summed E-state index contributed by atoms with van der Waals surface area (Å²) in [5.41, 5.74) is -0.338. The number of hydrogen-bond donors (Lipinski definition) is 1. The molecule has 0 aliphatic carbocycles. The van der Waals surface area contributed by atoms with E-state index in [1.165, 1.54) is 0 Å². The highest BCUT2D eigenvalue weighted by molar-refractivity contribution is 7.98. The third-order valence-electron chi connectivity index (χ3n) is 1.44. The van der Waals surface area contributed by atoms with E-state index in [4.69, 9.17) is 5.26 Å². The maximum Gasteiger partial charge on any atom is 0.113 e. The van der Waals surface area contributed by atoms with Crippen molar-refractivity contribution in [3.8, 4) is 6.07 Å². The van der Waals surface area contributed by atoms with Crippen LogP contribution in [0.5, 0.6) is 0 Å². The van der Waals surface area contributed by atoms with E-state index in [2.05, 4.69) is 18.3 Å². The summed E-state index contributed by atoms with van der Waals surface area (Å²) in [7, 11) is 0. The lowest BCUT2D eigenvalue weighted by Crippen LogP contribution is -2.43. The predicted octanol–water partition coefficient (Wildman–Crippen LogP) is 1.63. The maximum atomic E-state index is 8.82. The highest BCUT2D eigenvalue weighted by Gasteiger charge is 2.20. The minimum atomic E-state index is -0.338. The van der Waals surface area contributed by atoms with E-state index in [-0.39, 0.29) is 5.54 Å². The van der Waals surface area contributed by atoms with E-state index >= 15 is 0 Å². The van der Waals surface area contributed by atoms with E-state index in [0.717, 1.165) is 18.7 Å². The summed E-state index contributed by atoms with van der Waals surface area (Å²) < 4.78 is 0. The fourth-order valence-corrected chi connectivity index (χ4v) is 1.56. The minimum Gasteiger partial charge on any atom is -0.299 e. The SMILES string of the molecule is CCCNC(C)(C#N)CSC. The topological polar surface area (TPSA) is 35.8 Å². The molecular weight excluding hydrogens is 156 g/mol. The second-order valence-electron chi connectivity index (χ2n) is 2.80.